The molecular weight excluding hydrogens is 338 g/mol. The Hall–Kier alpha value is -2.41. The van der Waals surface area contributed by atoms with E-state index in [4.69, 9.17) is 9.26 Å². The number of esters is 1. The van der Waals surface area contributed by atoms with E-state index in [2.05, 4.69) is 31.1 Å². The first kappa shape index (κ1) is 13.6. The van der Waals surface area contributed by atoms with E-state index in [0.29, 0.717) is 11.5 Å². The van der Waals surface area contributed by atoms with Crippen LogP contribution >= 0.6 is 15.9 Å². The number of halogens is 1. The molecule has 1 aromatic carbocycles. The number of benzene rings is 1. The molecule has 0 aliphatic carbocycles. The summed E-state index contributed by atoms with van der Waals surface area (Å²) in [7, 11) is 0. The predicted octanol–water partition coefficient (Wildman–Crippen LogP) is 3.18. The van der Waals surface area contributed by atoms with Crippen LogP contribution in [0.4, 0.5) is 0 Å². The van der Waals surface area contributed by atoms with E-state index in [1.165, 1.54) is 0 Å². The summed E-state index contributed by atoms with van der Waals surface area (Å²) in [5.41, 5.74) is 1.19. The van der Waals surface area contributed by atoms with Crippen molar-refractivity contribution in [1.82, 2.24) is 15.1 Å². The zero-order valence-electron chi connectivity index (χ0n) is 10.7. The standard InChI is InChI=1S/C14H10BrN3O3/c15-10-4-1-3-9(7-10)13-17-12(21-18-13)8-20-14(19)11-5-2-6-16-11/h1-7,16H,8H2. The number of carbonyl (C=O) groups is 1. The van der Waals surface area contributed by atoms with Crippen LogP contribution in [0.5, 0.6) is 0 Å². The van der Waals surface area contributed by atoms with E-state index in [1.807, 2.05) is 24.3 Å². The van der Waals surface area contributed by atoms with Crippen LogP contribution in [0.1, 0.15) is 16.4 Å². The van der Waals surface area contributed by atoms with Gasteiger partial charge in [-0.15, -0.1) is 0 Å². The smallest absolute Gasteiger partial charge is 0.355 e. The van der Waals surface area contributed by atoms with Crippen LogP contribution in [0.3, 0.4) is 0 Å². The van der Waals surface area contributed by atoms with Gasteiger partial charge in [-0.2, -0.15) is 4.98 Å². The third kappa shape index (κ3) is 3.19. The minimum absolute atomic E-state index is 0.0706. The topological polar surface area (TPSA) is 81.0 Å². The Balaban J connectivity index is 1.67. The molecule has 0 radical (unpaired) electrons. The van der Waals surface area contributed by atoms with Crippen molar-refractivity contribution >= 4 is 21.9 Å². The maximum Gasteiger partial charge on any atom is 0.355 e. The van der Waals surface area contributed by atoms with E-state index in [9.17, 15) is 4.79 Å². The van der Waals surface area contributed by atoms with E-state index in [-0.39, 0.29) is 12.5 Å². The van der Waals surface area contributed by atoms with Crippen molar-refractivity contribution in [3.8, 4) is 11.4 Å². The Kier molecular flexibility index (Phi) is 3.83. The fourth-order valence-corrected chi connectivity index (χ4v) is 2.12. The van der Waals surface area contributed by atoms with Gasteiger partial charge in [0.1, 0.15) is 5.69 Å². The Bertz CT molecular complexity index is 752. The third-order valence-electron chi connectivity index (χ3n) is 2.70. The van der Waals surface area contributed by atoms with Crippen molar-refractivity contribution < 1.29 is 14.1 Å². The van der Waals surface area contributed by atoms with E-state index in [1.54, 1.807) is 18.3 Å². The van der Waals surface area contributed by atoms with Crippen LogP contribution in [0.15, 0.2) is 51.6 Å². The van der Waals surface area contributed by atoms with Gasteiger partial charge in [0.25, 0.3) is 5.89 Å². The lowest BCUT2D eigenvalue weighted by molar-refractivity contribution is 0.0423. The van der Waals surface area contributed by atoms with Gasteiger partial charge in [0.05, 0.1) is 0 Å². The van der Waals surface area contributed by atoms with Crippen LogP contribution in [0.2, 0.25) is 0 Å². The number of hydrogen-bond donors (Lipinski definition) is 1. The van der Waals surface area contributed by atoms with Gasteiger partial charge in [0.2, 0.25) is 5.82 Å². The number of carbonyl (C=O) groups excluding carboxylic acids is 1. The Labute approximate surface area is 128 Å². The maximum atomic E-state index is 11.7. The molecular formula is C14H10BrN3O3. The number of ether oxygens (including phenoxy) is 1. The molecule has 0 aliphatic heterocycles. The molecule has 3 aromatic rings. The number of aromatic amines is 1. The minimum atomic E-state index is -0.470. The first-order valence-corrected chi connectivity index (χ1v) is 6.91. The highest BCUT2D eigenvalue weighted by molar-refractivity contribution is 9.10. The second kappa shape index (κ2) is 5.92. The highest BCUT2D eigenvalue weighted by Gasteiger charge is 2.12. The number of nitrogens with one attached hydrogen (secondary N) is 1. The molecule has 0 fully saturated rings. The number of nitrogens with zero attached hydrogens (tertiary/aromatic N) is 2. The quantitative estimate of drug-likeness (QED) is 0.733. The van der Waals surface area contributed by atoms with Crippen molar-refractivity contribution in [2.45, 2.75) is 6.61 Å². The highest BCUT2D eigenvalue weighted by Crippen LogP contribution is 2.20. The van der Waals surface area contributed by atoms with Crippen molar-refractivity contribution in [3.63, 3.8) is 0 Å². The molecule has 21 heavy (non-hydrogen) atoms. The van der Waals surface area contributed by atoms with Crippen LogP contribution in [-0.2, 0) is 11.3 Å². The van der Waals surface area contributed by atoms with Gasteiger partial charge in [0, 0.05) is 16.2 Å². The zero-order valence-corrected chi connectivity index (χ0v) is 12.3. The fraction of sp³-hybridized carbons (Fsp3) is 0.0714. The van der Waals surface area contributed by atoms with E-state index >= 15 is 0 Å². The summed E-state index contributed by atoms with van der Waals surface area (Å²) >= 11 is 3.38. The lowest BCUT2D eigenvalue weighted by Gasteiger charge is -1.98. The molecule has 6 nitrogen and oxygen atoms in total. The monoisotopic (exact) mass is 347 g/mol. The van der Waals surface area contributed by atoms with Gasteiger partial charge in [-0.1, -0.05) is 33.2 Å². The van der Waals surface area contributed by atoms with Gasteiger partial charge >= 0.3 is 5.97 Å². The van der Waals surface area contributed by atoms with Crippen molar-refractivity contribution in [3.05, 3.63) is 58.7 Å². The van der Waals surface area contributed by atoms with Crippen molar-refractivity contribution in [1.29, 1.82) is 0 Å². The summed E-state index contributed by atoms with van der Waals surface area (Å²) in [5, 5.41) is 3.86. The molecule has 106 valence electrons. The summed E-state index contributed by atoms with van der Waals surface area (Å²) < 4.78 is 11.1. The average Bonchev–Trinajstić information content (AvgIpc) is 3.16. The van der Waals surface area contributed by atoms with Crippen LogP contribution in [0.25, 0.3) is 11.4 Å². The first-order chi connectivity index (χ1) is 10.2. The minimum Gasteiger partial charge on any atom is -0.451 e. The van der Waals surface area contributed by atoms with Gasteiger partial charge in [0.15, 0.2) is 6.61 Å². The predicted molar refractivity (Wildman–Crippen MR) is 77.3 cm³/mol. The molecule has 0 atom stereocenters. The van der Waals surface area contributed by atoms with Crippen LogP contribution < -0.4 is 0 Å². The first-order valence-electron chi connectivity index (χ1n) is 6.11. The maximum absolute atomic E-state index is 11.7. The summed E-state index contributed by atoms with van der Waals surface area (Å²) in [5.74, 6) is 0.217. The second-order valence-electron chi connectivity index (χ2n) is 4.18. The number of H-pyrrole nitrogens is 1. The van der Waals surface area contributed by atoms with E-state index < -0.39 is 5.97 Å². The van der Waals surface area contributed by atoms with E-state index in [0.717, 1.165) is 10.0 Å². The molecule has 2 heterocycles. The normalized spacial score (nSPS) is 10.5. The Morgan fingerprint density at radius 3 is 3.00 bits per heavy atom. The Morgan fingerprint density at radius 2 is 2.24 bits per heavy atom. The van der Waals surface area contributed by atoms with Gasteiger partial charge in [-0.25, -0.2) is 4.79 Å². The second-order valence-corrected chi connectivity index (χ2v) is 5.10. The fourth-order valence-electron chi connectivity index (χ4n) is 1.72. The largest absolute Gasteiger partial charge is 0.451 e. The Morgan fingerprint density at radius 1 is 1.33 bits per heavy atom. The van der Waals surface area contributed by atoms with Gasteiger partial charge < -0.3 is 14.2 Å². The lowest BCUT2D eigenvalue weighted by atomic mass is 10.2. The zero-order chi connectivity index (χ0) is 14.7. The van der Waals surface area contributed by atoms with Gasteiger partial charge in [-0.3, -0.25) is 0 Å². The number of hydrogen-bond acceptors (Lipinski definition) is 5. The summed E-state index contributed by atoms with van der Waals surface area (Å²) in [6.07, 6.45) is 1.65. The molecule has 0 saturated heterocycles. The average molecular weight is 348 g/mol. The molecule has 0 saturated carbocycles. The van der Waals surface area contributed by atoms with Crippen molar-refractivity contribution in [2.24, 2.45) is 0 Å². The van der Waals surface area contributed by atoms with Crippen LogP contribution in [0, 0.1) is 0 Å². The number of aromatic nitrogens is 3. The molecule has 1 N–H and O–H groups in total. The summed E-state index contributed by atoms with van der Waals surface area (Å²) in [6.45, 7) is -0.0706. The molecule has 3 rings (SSSR count). The lowest BCUT2D eigenvalue weighted by Crippen LogP contribution is -2.05. The number of rotatable bonds is 4. The SMILES string of the molecule is O=C(OCc1nc(-c2cccc(Br)c2)no1)c1ccc[nH]1. The molecule has 7 heteroatoms. The summed E-state index contributed by atoms with van der Waals surface area (Å²) in [4.78, 5) is 18.6. The highest BCUT2D eigenvalue weighted by atomic mass is 79.9. The van der Waals surface area contributed by atoms with Crippen LogP contribution in [-0.4, -0.2) is 21.1 Å². The van der Waals surface area contributed by atoms with Gasteiger partial charge in [-0.05, 0) is 24.3 Å². The van der Waals surface area contributed by atoms with Crippen molar-refractivity contribution in [2.75, 3.05) is 0 Å². The summed E-state index contributed by atoms with van der Waals surface area (Å²) in [6, 6.07) is 10.9. The molecule has 0 spiro atoms. The third-order valence-corrected chi connectivity index (χ3v) is 3.19. The molecule has 0 amide bonds. The molecule has 2 aromatic heterocycles. The molecule has 0 aliphatic rings. The molecule has 0 unspecified atom stereocenters. The molecule has 0 bridgehead atoms.